The lowest BCUT2D eigenvalue weighted by Crippen LogP contribution is -2.23. The van der Waals surface area contributed by atoms with E-state index in [0.29, 0.717) is 11.1 Å². The van der Waals surface area contributed by atoms with Crippen LogP contribution in [-0.2, 0) is 5.41 Å². The summed E-state index contributed by atoms with van der Waals surface area (Å²) in [6.07, 6.45) is 1.69. The number of Topliss-reactive ketones (excluding diaryl/α,β-unsaturated/α-hetero) is 2. The number of benzene rings is 2. The summed E-state index contributed by atoms with van der Waals surface area (Å²) < 4.78 is 0. The molecule has 1 aliphatic heterocycles. The van der Waals surface area contributed by atoms with Crippen molar-refractivity contribution >= 4 is 17.3 Å². The molecule has 0 N–H and O–H groups in total. The number of nitriles is 1. The fraction of sp³-hybridized carbons (Fsp3) is 0.174. The number of nitrogens with zero attached hydrogens (tertiary/aromatic N) is 2. The van der Waals surface area contributed by atoms with Crippen molar-refractivity contribution in [3.8, 4) is 6.07 Å². The first-order chi connectivity index (χ1) is 12.9. The highest BCUT2D eigenvalue weighted by Crippen LogP contribution is 2.47. The van der Waals surface area contributed by atoms with Crippen LogP contribution in [0.2, 0.25) is 0 Å². The van der Waals surface area contributed by atoms with Crippen molar-refractivity contribution in [3.63, 3.8) is 0 Å². The van der Waals surface area contributed by atoms with Crippen LogP contribution in [0.5, 0.6) is 0 Å². The molecule has 0 spiro atoms. The van der Waals surface area contributed by atoms with Crippen molar-refractivity contribution < 1.29 is 9.59 Å². The van der Waals surface area contributed by atoms with E-state index in [1.165, 1.54) is 0 Å². The third-order valence-corrected chi connectivity index (χ3v) is 5.48. The molecule has 0 saturated carbocycles. The van der Waals surface area contributed by atoms with Gasteiger partial charge < -0.3 is 4.90 Å². The van der Waals surface area contributed by atoms with Gasteiger partial charge in [-0.3, -0.25) is 9.59 Å². The molecule has 0 saturated heterocycles. The van der Waals surface area contributed by atoms with Gasteiger partial charge in [0, 0.05) is 35.0 Å². The van der Waals surface area contributed by atoms with E-state index >= 15 is 0 Å². The molecule has 4 nitrogen and oxygen atoms in total. The Hall–Kier alpha value is -3.45. The molecule has 4 heteroatoms. The second kappa shape index (κ2) is 5.78. The van der Waals surface area contributed by atoms with Gasteiger partial charge in [0.1, 0.15) is 6.07 Å². The Balaban J connectivity index is 1.89. The molecule has 0 bridgehead atoms. The van der Waals surface area contributed by atoms with Gasteiger partial charge in [-0.25, -0.2) is 0 Å². The quantitative estimate of drug-likeness (QED) is 0.437. The van der Waals surface area contributed by atoms with Crippen molar-refractivity contribution in [1.29, 1.82) is 5.26 Å². The average molecular weight is 354 g/mol. The van der Waals surface area contributed by atoms with Gasteiger partial charge in [0.15, 0.2) is 11.6 Å². The van der Waals surface area contributed by atoms with E-state index in [1.807, 2.05) is 30.1 Å². The number of hydrogen-bond acceptors (Lipinski definition) is 4. The minimum atomic E-state index is -0.375. The van der Waals surface area contributed by atoms with Crippen LogP contribution in [0.15, 0.2) is 71.5 Å². The first-order valence-corrected chi connectivity index (χ1v) is 8.76. The summed E-state index contributed by atoms with van der Waals surface area (Å²) in [5.41, 5.74) is 3.55. The van der Waals surface area contributed by atoms with Crippen molar-refractivity contribution in [2.45, 2.75) is 19.3 Å². The van der Waals surface area contributed by atoms with Gasteiger partial charge in [-0.15, -0.1) is 0 Å². The Morgan fingerprint density at radius 2 is 1.56 bits per heavy atom. The average Bonchev–Trinajstić information content (AvgIpc) is 3.03. The first kappa shape index (κ1) is 17.0. The molecule has 0 aromatic heterocycles. The Labute approximate surface area is 158 Å². The molecule has 0 radical (unpaired) electrons. The number of ketones is 2. The van der Waals surface area contributed by atoms with Crippen LogP contribution >= 0.6 is 0 Å². The van der Waals surface area contributed by atoms with Gasteiger partial charge in [-0.05, 0) is 17.7 Å². The van der Waals surface area contributed by atoms with E-state index < -0.39 is 0 Å². The molecule has 1 aliphatic carbocycles. The zero-order chi connectivity index (χ0) is 19.3. The van der Waals surface area contributed by atoms with Crippen LogP contribution in [0.1, 0.15) is 40.1 Å². The Morgan fingerprint density at radius 1 is 1.00 bits per heavy atom. The fourth-order valence-corrected chi connectivity index (χ4v) is 4.05. The van der Waals surface area contributed by atoms with Crippen LogP contribution in [-0.4, -0.2) is 18.6 Å². The number of hydrogen-bond donors (Lipinski definition) is 0. The van der Waals surface area contributed by atoms with E-state index in [0.717, 1.165) is 16.9 Å². The molecule has 0 fully saturated rings. The van der Waals surface area contributed by atoms with E-state index in [-0.39, 0.29) is 28.1 Å². The molecular weight excluding hydrogens is 336 g/mol. The van der Waals surface area contributed by atoms with Crippen LogP contribution in [0.4, 0.5) is 5.69 Å². The monoisotopic (exact) mass is 354 g/mol. The summed E-state index contributed by atoms with van der Waals surface area (Å²) in [6, 6.07) is 16.8. The third-order valence-electron chi connectivity index (χ3n) is 5.48. The number of anilines is 1. The molecule has 4 rings (SSSR count). The summed E-state index contributed by atoms with van der Waals surface area (Å²) in [5.74, 6) is -0.750. The number of fused-ring (bicyclic) bond motifs is 2. The second-order valence-corrected chi connectivity index (χ2v) is 7.34. The van der Waals surface area contributed by atoms with Crippen LogP contribution in [0.3, 0.4) is 0 Å². The highest BCUT2D eigenvalue weighted by atomic mass is 16.2. The van der Waals surface area contributed by atoms with Crippen molar-refractivity contribution in [3.05, 3.63) is 88.1 Å². The number of rotatable bonds is 1. The summed E-state index contributed by atoms with van der Waals surface area (Å²) >= 11 is 0. The summed E-state index contributed by atoms with van der Waals surface area (Å²) in [5, 5.41) is 9.76. The third kappa shape index (κ3) is 2.29. The number of carbonyl (C=O) groups excluding carboxylic acids is 2. The fourth-order valence-electron chi connectivity index (χ4n) is 4.05. The SMILES string of the molecule is CN1/C(=C/C(C#N)=C2C(=O)c3ccccc3C2=O)C(C)(C)c2ccccc21. The summed E-state index contributed by atoms with van der Waals surface area (Å²) in [4.78, 5) is 27.6. The summed E-state index contributed by atoms with van der Waals surface area (Å²) in [7, 11) is 1.94. The maximum Gasteiger partial charge on any atom is 0.199 e. The minimum absolute atomic E-state index is 0.0358. The molecule has 132 valence electrons. The number of likely N-dealkylation sites (N-methyl/N-ethyl adjacent to an activating group) is 1. The van der Waals surface area contributed by atoms with Crippen LogP contribution in [0.25, 0.3) is 0 Å². The molecule has 2 aliphatic rings. The van der Waals surface area contributed by atoms with Crippen molar-refractivity contribution in [1.82, 2.24) is 0 Å². The molecular formula is C23H18N2O2. The Bertz CT molecular complexity index is 1080. The zero-order valence-electron chi connectivity index (χ0n) is 15.4. The topological polar surface area (TPSA) is 61.2 Å². The predicted octanol–water partition coefficient (Wildman–Crippen LogP) is 4.20. The molecule has 1 heterocycles. The predicted molar refractivity (Wildman–Crippen MR) is 104 cm³/mol. The molecule has 2 aromatic rings. The molecule has 2 aromatic carbocycles. The lowest BCUT2D eigenvalue weighted by Gasteiger charge is -2.24. The van der Waals surface area contributed by atoms with Crippen LogP contribution in [0, 0.1) is 11.3 Å². The number of carbonyl (C=O) groups is 2. The molecule has 0 unspecified atom stereocenters. The lowest BCUT2D eigenvalue weighted by molar-refractivity contribution is 0.0988. The zero-order valence-corrected chi connectivity index (χ0v) is 15.4. The maximum absolute atomic E-state index is 12.8. The molecule has 0 amide bonds. The van der Waals surface area contributed by atoms with Gasteiger partial charge in [0.2, 0.25) is 0 Å². The van der Waals surface area contributed by atoms with E-state index in [9.17, 15) is 14.9 Å². The highest BCUT2D eigenvalue weighted by molar-refractivity contribution is 6.40. The van der Waals surface area contributed by atoms with Gasteiger partial charge in [-0.1, -0.05) is 56.3 Å². The standard InChI is InChI=1S/C23H18N2O2/c1-23(2)17-10-6-7-11-18(17)25(3)19(23)12-14(13-24)20-21(26)15-8-4-5-9-16(15)22(20)27/h4-12H,1-3H3/b19-12+. The largest absolute Gasteiger partial charge is 0.347 e. The van der Waals surface area contributed by atoms with Crippen LogP contribution < -0.4 is 4.90 Å². The first-order valence-electron chi connectivity index (χ1n) is 8.76. The smallest absolute Gasteiger partial charge is 0.199 e. The number of allylic oxidation sites excluding steroid dienone is 4. The Morgan fingerprint density at radius 3 is 2.11 bits per heavy atom. The molecule has 27 heavy (non-hydrogen) atoms. The highest BCUT2D eigenvalue weighted by Gasteiger charge is 2.40. The maximum atomic E-state index is 12.8. The summed E-state index contributed by atoms with van der Waals surface area (Å²) in [6.45, 7) is 4.15. The van der Waals surface area contributed by atoms with Gasteiger partial charge in [-0.2, -0.15) is 5.26 Å². The lowest BCUT2D eigenvalue weighted by atomic mass is 9.83. The normalized spacial score (nSPS) is 18.5. The Kier molecular flexibility index (Phi) is 3.64. The van der Waals surface area contributed by atoms with E-state index in [4.69, 9.17) is 0 Å². The molecule has 0 atom stereocenters. The van der Waals surface area contributed by atoms with Crippen molar-refractivity contribution in [2.75, 3.05) is 11.9 Å². The minimum Gasteiger partial charge on any atom is -0.347 e. The van der Waals surface area contributed by atoms with E-state index in [1.54, 1.807) is 30.3 Å². The van der Waals surface area contributed by atoms with Gasteiger partial charge >= 0.3 is 0 Å². The van der Waals surface area contributed by atoms with Gasteiger partial charge in [0.05, 0.1) is 11.1 Å². The second-order valence-electron chi connectivity index (χ2n) is 7.34. The number of para-hydroxylation sites is 1. The van der Waals surface area contributed by atoms with Crippen molar-refractivity contribution in [2.24, 2.45) is 0 Å². The van der Waals surface area contributed by atoms with E-state index in [2.05, 4.69) is 26.0 Å². The van der Waals surface area contributed by atoms with Gasteiger partial charge in [0.25, 0.3) is 0 Å².